The Bertz CT molecular complexity index is 1060. The Labute approximate surface area is 180 Å². The van der Waals surface area contributed by atoms with E-state index < -0.39 is 11.7 Å². The van der Waals surface area contributed by atoms with Gasteiger partial charge < -0.3 is 14.4 Å². The molecule has 0 aromatic carbocycles. The second-order valence-corrected chi connectivity index (χ2v) is 8.05. The molecule has 1 atom stereocenters. The van der Waals surface area contributed by atoms with Gasteiger partial charge in [-0.1, -0.05) is 11.6 Å². The van der Waals surface area contributed by atoms with E-state index in [-0.39, 0.29) is 11.2 Å². The molecule has 1 amide bonds. The van der Waals surface area contributed by atoms with Crippen LogP contribution in [0.3, 0.4) is 0 Å². The predicted octanol–water partition coefficient (Wildman–Crippen LogP) is 4.17. The molecular formula is C20H25ClN6O3. The average Bonchev–Trinajstić information content (AvgIpc) is 3.15. The zero-order chi connectivity index (χ0) is 22.1. The summed E-state index contributed by atoms with van der Waals surface area (Å²) in [5.41, 5.74) is 1.76. The van der Waals surface area contributed by atoms with Crippen LogP contribution in [0.4, 0.5) is 4.79 Å². The Morgan fingerprint density at radius 2 is 2.07 bits per heavy atom. The van der Waals surface area contributed by atoms with Gasteiger partial charge in [0.25, 0.3) is 0 Å². The first-order valence-corrected chi connectivity index (χ1v) is 9.92. The van der Waals surface area contributed by atoms with Gasteiger partial charge in [-0.3, -0.25) is 4.98 Å². The fourth-order valence-corrected chi connectivity index (χ4v) is 3.24. The number of carbonyl (C=O) groups excluding carboxylic acids is 1. The molecule has 0 N–H and O–H groups in total. The molecule has 9 nitrogen and oxygen atoms in total. The standard InChI is InChI=1S/C20H25ClN6O3/c1-7-26(19(28)30-20(3,4)5)12(2)14-8-13(16(29-6)9-22-14)15-10-27-18(17(21)25-15)23-11-24-27/h8-12H,7H2,1-6H3/t12-/m1/s1. The van der Waals surface area contributed by atoms with Crippen LogP contribution in [0.15, 0.2) is 24.8 Å². The van der Waals surface area contributed by atoms with Crippen LogP contribution in [0, 0.1) is 0 Å². The summed E-state index contributed by atoms with van der Waals surface area (Å²) in [6.45, 7) is 9.76. The monoisotopic (exact) mass is 432 g/mol. The minimum absolute atomic E-state index is 0.224. The van der Waals surface area contributed by atoms with Crippen molar-refractivity contribution in [1.29, 1.82) is 0 Å². The molecule has 0 unspecified atom stereocenters. The SMILES string of the molecule is CCN(C(=O)OC(C)(C)C)[C@H](C)c1cc(-c2cn3ncnc3c(Cl)n2)c(OC)cn1. The number of methoxy groups -OCH3 is 1. The Morgan fingerprint density at radius 3 is 2.70 bits per heavy atom. The number of hydrogen-bond donors (Lipinski definition) is 0. The zero-order valence-electron chi connectivity index (χ0n) is 17.9. The third kappa shape index (κ3) is 4.46. The van der Waals surface area contributed by atoms with Crippen molar-refractivity contribution in [3.63, 3.8) is 0 Å². The fraction of sp³-hybridized carbons (Fsp3) is 0.450. The topological polar surface area (TPSA) is 94.7 Å². The Balaban J connectivity index is 2.01. The van der Waals surface area contributed by atoms with E-state index >= 15 is 0 Å². The van der Waals surface area contributed by atoms with Crippen molar-refractivity contribution in [3.05, 3.63) is 35.6 Å². The second kappa shape index (κ2) is 8.43. The van der Waals surface area contributed by atoms with Crippen LogP contribution in [0.1, 0.15) is 46.4 Å². The average molecular weight is 433 g/mol. The highest BCUT2D eigenvalue weighted by molar-refractivity contribution is 6.32. The number of ether oxygens (including phenoxy) is 2. The number of amides is 1. The Hall–Kier alpha value is -2.94. The predicted molar refractivity (Wildman–Crippen MR) is 113 cm³/mol. The van der Waals surface area contributed by atoms with Gasteiger partial charge >= 0.3 is 6.09 Å². The molecule has 30 heavy (non-hydrogen) atoms. The molecule has 0 fully saturated rings. The van der Waals surface area contributed by atoms with Gasteiger partial charge in [-0.25, -0.2) is 19.3 Å². The molecule has 10 heteroatoms. The Morgan fingerprint density at radius 1 is 1.33 bits per heavy atom. The highest BCUT2D eigenvalue weighted by Crippen LogP contribution is 2.32. The van der Waals surface area contributed by atoms with Crippen LogP contribution in [0.2, 0.25) is 5.15 Å². The van der Waals surface area contributed by atoms with E-state index in [1.165, 1.54) is 6.33 Å². The maximum absolute atomic E-state index is 12.6. The summed E-state index contributed by atoms with van der Waals surface area (Å²) in [7, 11) is 1.55. The normalized spacial score (nSPS) is 12.6. The number of carbonyl (C=O) groups is 1. The van der Waals surface area contributed by atoms with Gasteiger partial charge in [0.15, 0.2) is 10.8 Å². The lowest BCUT2D eigenvalue weighted by atomic mass is 10.1. The van der Waals surface area contributed by atoms with E-state index in [2.05, 4.69) is 20.1 Å². The molecule has 0 radical (unpaired) electrons. The maximum Gasteiger partial charge on any atom is 0.410 e. The van der Waals surface area contributed by atoms with Gasteiger partial charge in [0.1, 0.15) is 17.7 Å². The van der Waals surface area contributed by atoms with E-state index in [0.717, 1.165) is 0 Å². The first-order chi connectivity index (χ1) is 14.1. The molecule has 0 saturated heterocycles. The quantitative estimate of drug-likeness (QED) is 0.597. The molecule has 0 aliphatic heterocycles. The van der Waals surface area contributed by atoms with Crippen molar-refractivity contribution in [1.82, 2.24) is 29.5 Å². The fourth-order valence-electron chi connectivity index (χ4n) is 3.01. The van der Waals surface area contributed by atoms with E-state index in [1.54, 1.807) is 28.9 Å². The van der Waals surface area contributed by atoms with Crippen molar-refractivity contribution >= 4 is 23.3 Å². The summed E-state index contributed by atoms with van der Waals surface area (Å²) in [4.78, 5) is 27.3. The molecule has 160 valence electrons. The lowest BCUT2D eigenvalue weighted by Crippen LogP contribution is -2.38. The maximum atomic E-state index is 12.6. The lowest BCUT2D eigenvalue weighted by molar-refractivity contribution is 0.0182. The number of hydrogen-bond acceptors (Lipinski definition) is 7. The highest BCUT2D eigenvalue weighted by Gasteiger charge is 2.27. The molecule has 3 aromatic heterocycles. The van der Waals surface area contributed by atoms with Crippen LogP contribution in [-0.4, -0.2) is 54.8 Å². The van der Waals surface area contributed by atoms with Crippen LogP contribution in [0.25, 0.3) is 16.9 Å². The zero-order valence-corrected chi connectivity index (χ0v) is 18.6. The summed E-state index contributed by atoms with van der Waals surface area (Å²) in [5.74, 6) is 0.522. The minimum atomic E-state index is -0.587. The molecule has 3 heterocycles. The third-order valence-electron chi connectivity index (χ3n) is 4.47. The van der Waals surface area contributed by atoms with Crippen LogP contribution in [-0.2, 0) is 4.74 Å². The molecule has 0 aliphatic rings. The highest BCUT2D eigenvalue weighted by atomic mass is 35.5. The number of aromatic nitrogens is 5. The molecular weight excluding hydrogens is 408 g/mol. The van der Waals surface area contributed by atoms with Gasteiger partial charge in [-0.2, -0.15) is 5.10 Å². The number of halogens is 1. The smallest absolute Gasteiger partial charge is 0.410 e. The van der Waals surface area contributed by atoms with Crippen LogP contribution >= 0.6 is 11.6 Å². The van der Waals surface area contributed by atoms with Crippen molar-refractivity contribution in [2.24, 2.45) is 0 Å². The molecule has 0 spiro atoms. The van der Waals surface area contributed by atoms with E-state index in [9.17, 15) is 4.79 Å². The Kier molecular flexibility index (Phi) is 6.12. The van der Waals surface area contributed by atoms with Crippen molar-refractivity contribution in [2.75, 3.05) is 13.7 Å². The number of nitrogens with zero attached hydrogens (tertiary/aromatic N) is 6. The van der Waals surface area contributed by atoms with Gasteiger partial charge in [-0.05, 0) is 40.7 Å². The van der Waals surface area contributed by atoms with Crippen LogP contribution in [0.5, 0.6) is 5.75 Å². The van der Waals surface area contributed by atoms with E-state index in [1.807, 2.05) is 40.7 Å². The van der Waals surface area contributed by atoms with E-state index in [4.69, 9.17) is 21.1 Å². The minimum Gasteiger partial charge on any atom is -0.494 e. The van der Waals surface area contributed by atoms with Crippen molar-refractivity contribution < 1.29 is 14.3 Å². The summed E-state index contributed by atoms with van der Waals surface area (Å²) in [5, 5.41) is 4.36. The second-order valence-electron chi connectivity index (χ2n) is 7.70. The third-order valence-corrected chi connectivity index (χ3v) is 4.72. The largest absolute Gasteiger partial charge is 0.494 e. The molecule has 0 bridgehead atoms. The lowest BCUT2D eigenvalue weighted by Gasteiger charge is -2.30. The van der Waals surface area contributed by atoms with Gasteiger partial charge in [0.2, 0.25) is 0 Å². The summed E-state index contributed by atoms with van der Waals surface area (Å²) in [6, 6.07) is 1.50. The van der Waals surface area contributed by atoms with Gasteiger partial charge in [0.05, 0.1) is 36.9 Å². The van der Waals surface area contributed by atoms with Crippen molar-refractivity contribution in [2.45, 2.75) is 46.3 Å². The summed E-state index contributed by atoms with van der Waals surface area (Å²) >= 11 is 6.27. The molecule has 3 rings (SSSR count). The summed E-state index contributed by atoms with van der Waals surface area (Å²) < 4.78 is 12.6. The molecule has 3 aromatic rings. The molecule has 0 aliphatic carbocycles. The number of rotatable bonds is 5. The first-order valence-electron chi connectivity index (χ1n) is 9.54. The van der Waals surface area contributed by atoms with Gasteiger partial charge in [0, 0.05) is 12.1 Å². The van der Waals surface area contributed by atoms with E-state index in [0.29, 0.717) is 34.9 Å². The van der Waals surface area contributed by atoms with Crippen LogP contribution < -0.4 is 4.74 Å². The summed E-state index contributed by atoms with van der Waals surface area (Å²) in [6.07, 6.45) is 4.32. The first kappa shape index (κ1) is 21.8. The molecule has 0 saturated carbocycles. The number of pyridine rings is 1. The number of fused-ring (bicyclic) bond motifs is 1. The van der Waals surface area contributed by atoms with Crippen molar-refractivity contribution in [3.8, 4) is 17.0 Å². The van der Waals surface area contributed by atoms with Gasteiger partial charge in [-0.15, -0.1) is 0 Å².